The van der Waals surface area contributed by atoms with Gasteiger partial charge in [0.2, 0.25) is 17.0 Å². The van der Waals surface area contributed by atoms with Crippen LogP contribution in [0.5, 0.6) is 11.8 Å². The number of halogens is 1. The van der Waals surface area contributed by atoms with E-state index in [2.05, 4.69) is 38.6 Å². The maximum atomic E-state index is 8.25. The van der Waals surface area contributed by atoms with Crippen molar-refractivity contribution in [2.45, 2.75) is 129 Å². The Morgan fingerprint density at radius 2 is 1.26 bits per heavy atom. The summed E-state index contributed by atoms with van der Waals surface area (Å²) in [4.78, 5) is 17.7. The Morgan fingerprint density at radius 1 is 0.739 bits per heavy atom. The van der Waals surface area contributed by atoms with Gasteiger partial charge in [0.05, 0.1) is 24.3 Å². The molecule has 46 heavy (non-hydrogen) atoms. The molecule has 2 saturated carbocycles. The molecule has 0 amide bonds. The molecule has 12 heteroatoms. The van der Waals surface area contributed by atoms with Crippen LogP contribution in [0.3, 0.4) is 0 Å². The Kier molecular flexibility index (Phi) is 15.4. The van der Waals surface area contributed by atoms with Gasteiger partial charge in [-0.3, -0.25) is 0 Å². The molecule has 2 aromatic rings. The maximum absolute atomic E-state index is 8.25. The van der Waals surface area contributed by atoms with Crippen LogP contribution in [0.25, 0.3) is 6.08 Å². The minimum absolute atomic E-state index is 0.270. The lowest BCUT2D eigenvalue weighted by atomic mass is 9.91. The minimum atomic E-state index is -1.28. The van der Waals surface area contributed by atoms with Crippen LogP contribution < -0.4 is 20.1 Å². The number of hydrogen-bond acceptors (Lipinski definition) is 10. The molecule has 2 fully saturated rings. The van der Waals surface area contributed by atoms with E-state index in [1.165, 1.54) is 62.9 Å². The molecule has 0 spiro atoms. The van der Waals surface area contributed by atoms with Crippen molar-refractivity contribution < 1.29 is 19.5 Å². The number of nitrogens with zero attached hydrogens (tertiary/aromatic N) is 4. The topological polar surface area (TPSA) is 135 Å². The third-order valence-corrected chi connectivity index (χ3v) is 8.59. The number of rotatable bonds is 10. The quantitative estimate of drug-likeness (QED) is 0.155. The molecule has 4 heterocycles. The average Bonchev–Trinajstić information content (AvgIpc) is 3.77. The number of hydrogen-bond donors (Lipinski definition) is 4. The molecule has 4 N–H and O–H groups in total. The SMILES string of the molecule is CCC/C=C/B(O)O.CCC/C=C/c1nc(NC2CCCC2)c2c(n1)OCCC2.Clc1nc(NC2CCCC2)c2c(n1)OCCC2. The van der Waals surface area contributed by atoms with Gasteiger partial charge in [0.25, 0.3) is 0 Å². The summed E-state index contributed by atoms with van der Waals surface area (Å²) < 4.78 is 11.3. The Hall–Kier alpha value is -2.89. The molecule has 0 atom stereocenters. The smallest absolute Gasteiger partial charge is 0.477 e. The van der Waals surface area contributed by atoms with Crippen molar-refractivity contribution in [2.24, 2.45) is 0 Å². The molecule has 0 saturated heterocycles. The lowest BCUT2D eigenvalue weighted by Gasteiger charge is -2.22. The van der Waals surface area contributed by atoms with E-state index < -0.39 is 7.12 Å². The zero-order valence-corrected chi connectivity index (χ0v) is 28.4. The van der Waals surface area contributed by atoms with Crippen molar-refractivity contribution in [3.05, 3.63) is 40.4 Å². The van der Waals surface area contributed by atoms with Crippen LogP contribution in [-0.2, 0) is 12.8 Å². The number of anilines is 2. The first-order valence-corrected chi connectivity index (χ1v) is 17.8. The molecule has 0 unspecified atom stereocenters. The van der Waals surface area contributed by atoms with Gasteiger partial charge in [-0.1, -0.05) is 70.5 Å². The molecule has 2 aliphatic carbocycles. The van der Waals surface area contributed by atoms with E-state index in [0.717, 1.165) is 93.5 Å². The summed E-state index contributed by atoms with van der Waals surface area (Å²) >= 11 is 5.93. The van der Waals surface area contributed by atoms with Crippen LogP contribution in [-0.4, -0.2) is 62.4 Å². The largest absolute Gasteiger partial charge is 0.480 e. The third-order valence-electron chi connectivity index (χ3n) is 8.43. The molecular weight excluding hydrogens is 603 g/mol. The Balaban J connectivity index is 0.000000172. The second kappa shape index (κ2) is 19.7. The van der Waals surface area contributed by atoms with Gasteiger partial charge in [0, 0.05) is 12.1 Å². The molecule has 0 bridgehead atoms. The fourth-order valence-electron chi connectivity index (χ4n) is 6.02. The lowest BCUT2D eigenvalue weighted by Crippen LogP contribution is -2.20. The number of nitrogens with one attached hydrogen (secondary N) is 2. The van der Waals surface area contributed by atoms with Crippen LogP contribution in [0, 0.1) is 0 Å². The van der Waals surface area contributed by atoms with E-state index in [9.17, 15) is 0 Å². The van der Waals surface area contributed by atoms with Gasteiger partial charge in [-0.05, 0) is 81.9 Å². The average molecular weight is 655 g/mol. The molecule has 2 aliphatic heterocycles. The highest BCUT2D eigenvalue weighted by molar-refractivity contribution is 6.47. The van der Waals surface area contributed by atoms with E-state index in [0.29, 0.717) is 18.0 Å². The summed E-state index contributed by atoms with van der Waals surface area (Å²) in [6.07, 6.45) is 24.3. The lowest BCUT2D eigenvalue weighted by molar-refractivity contribution is 0.275. The number of fused-ring (bicyclic) bond motifs is 2. The van der Waals surface area contributed by atoms with Gasteiger partial charge in [-0.2, -0.15) is 9.97 Å². The molecule has 4 aliphatic rings. The highest BCUT2D eigenvalue weighted by atomic mass is 35.5. The fraction of sp³-hybridized carbons (Fsp3) is 0.647. The van der Waals surface area contributed by atoms with Crippen molar-refractivity contribution in [1.29, 1.82) is 0 Å². The van der Waals surface area contributed by atoms with E-state index >= 15 is 0 Å². The second-order valence-corrected chi connectivity index (χ2v) is 12.7. The van der Waals surface area contributed by atoms with Crippen molar-refractivity contribution in [3.8, 4) is 11.8 Å². The van der Waals surface area contributed by atoms with Gasteiger partial charge in [-0.25, -0.2) is 9.97 Å². The molecule has 0 radical (unpaired) electrons. The highest BCUT2D eigenvalue weighted by Crippen LogP contribution is 2.33. The van der Waals surface area contributed by atoms with Crippen molar-refractivity contribution in [1.82, 2.24) is 19.9 Å². The fourth-order valence-corrected chi connectivity index (χ4v) is 6.18. The normalized spacial score (nSPS) is 17.7. The van der Waals surface area contributed by atoms with Gasteiger partial charge >= 0.3 is 7.12 Å². The van der Waals surface area contributed by atoms with Gasteiger partial charge < -0.3 is 30.2 Å². The zero-order chi connectivity index (χ0) is 32.6. The summed E-state index contributed by atoms with van der Waals surface area (Å²) in [7, 11) is -1.28. The first-order valence-electron chi connectivity index (χ1n) is 17.4. The number of allylic oxidation sites excluding steroid dienone is 2. The van der Waals surface area contributed by atoms with E-state index in [1.807, 2.05) is 13.0 Å². The van der Waals surface area contributed by atoms with Crippen LogP contribution in [0.4, 0.5) is 11.6 Å². The van der Waals surface area contributed by atoms with Gasteiger partial charge in [0.15, 0.2) is 5.82 Å². The first kappa shape index (κ1) is 36.0. The highest BCUT2D eigenvalue weighted by Gasteiger charge is 2.23. The molecule has 0 aromatic carbocycles. The number of aromatic nitrogens is 4. The summed E-state index contributed by atoms with van der Waals surface area (Å²) in [5.41, 5.74) is 2.26. The first-order chi connectivity index (χ1) is 22.5. The predicted molar refractivity (Wildman–Crippen MR) is 187 cm³/mol. The molecule has 10 nitrogen and oxygen atoms in total. The Labute approximate surface area is 280 Å². The van der Waals surface area contributed by atoms with Crippen LogP contribution in [0.2, 0.25) is 5.28 Å². The standard InChI is InChI=1S/C17H25N3O.C12H16ClN3O.C5H11BO2/c1-2-3-4-11-15-19-16(18-13-8-5-6-9-13)14-10-7-12-21-17(14)20-15;13-12-15-10(14-8-4-1-2-5-8)9-6-3-7-17-11(9)16-12;1-2-3-4-5-6(7)8/h4,11,13H,2-3,5-10,12H2,1H3,(H,18,19,20);8H,1-7H2,(H,14,15,16);4-5,7-8H,2-3H2,1H3/b11-4+;;5-4+. The molecule has 6 rings (SSSR count). The van der Waals surface area contributed by atoms with Crippen LogP contribution in [0.15, 0.2) is 18.1 Å². The predicted octanol–water partition coefficient (Wildman–Crippen LogP) is 7.13. The van der Waals surface area contributed by atoms with Crippen molar-refractivity contribution >= 4 is 36.4 Å². The number of ether oxygens (including phenoxy) is 2. The third kappa shape index (κ3) is 11.7. The summed E-state index contributed by atoms with van der Waals surface area (Å²) in [5.74, 6) is 5.47. The van der Waals surface area contributed by atoms with E-state index in [4.69, 9.17) is 36.1 Å². The van der Waals surface area contributed by atoms with Gasteiger partial charge in [0.1, 0.15) is 11.6 Å². The molecule has 252 valence electrons. The second-order valence-electron chi connectivity index (χ2n) is 12.3. The molecule has 2 aromatic heterocycles. The summed E-state index contributed by atoms with van der Waals surface area (Å²) in [6, 6.07) is 1.10. The van der Waals surface area contributed by atoms with Crippen molar-refractivity contribution in [3.63, 3.8) is 0 Å². The van der Waals surface area contributed by atoms with Crippen molar-refractivity contribution in [2.75, 3.05) is 23.8 Å². The van der Waals surface area contributed by atoms with Crippen LogP contribution in [0.1, 0.15) is 121 Å². The number of unbranched alkanes of at least 4 members (excludes halogenated alkanes) is 2. The van der Waals surface area contributed by atoms with E-state index in [1.54, 1.807) is 6.08 Å². The van der Waals surface area contributed by atoms with Crippen LogP contribution >= 0.6 is 11.6 Å². The monoisotopic (exact) mass is 654 g/mol. The van der Waals surface area contributed by atoms with E-state index in [-0.39, 0.29) is 5.28 Å². The Bertz CT molecular complexity index is 1270. The molecular formula is C34H52BClN6O4. The summed E-state index contributed by atoms with van der Waals surface area (Å²) in [6.45, 7) is 5.70. The maximum Gasteiger partial charge on any atom is 0.480 e. The van der Waals surface area contributed by atoms with Gasteiger partial charge in [-0.15, -0.1) is 0 Å². The summed E-state index contributed by atoms with van der Waals surface area (Å²) in [5, 5.41) is 23.9. The Morgan fingerprint density at radius 3 is 1.80 bits per heavy atom. The zero-order valence-electron chi connectivity index (χ0n) is 27.6. The minimum Gasteiger partial charge on any atom is -0.477 e.